The van der Waals surface area contributed by atoms with Gasteiger partial charge in [-0.25, -0.2) is 4.98 Å². The molecule has 0 bridgehead atoms. The van der Waals surface area contributed by atoms with Crippen LogP contribution in [0.15, 0.2) is 58.6 Å². The van der Waals surface area contributed by atoms with Gasteiger partial charge in [-0.05, 0) is 53.9 Å². The van der Waals surface area contributed by atoms with Crippen LogP contribution in [0.3, 0.4) is 0 Å². The molecular formula is C24H22N2O2S3. The Kier molecular flexibility index (Phi) is 5.89. The molecule has 1 aliphatic heterocycles. The van der Waals surface area contributed by atoms with Gasteiger partial charge in [0.05, 0.1) is 18.2 Å². The monoisotopic (exact) mass is 466 g/mol. The van der Waals surface area contributed by atoms with Gasteiger partial charge in [0.15, 0.2) is 0 Å². The fourth-order valence-electron chi connectivity index (χ4n) is 3.87. The van der Waals surface area contributed by atoms with Crippen molar-refractivity contribution in [3.05, 3.63) is 90.2 Å². The standard InChI is InChI=1S/C24H22N2O2S3/c1-16-4-6-18(7-5-16)28-14-22-25-17(15-31-22)13-23(27)26-10-8-20-19(9-12-30-20)24(26)21-3-2-11-29-21/h2-7,9,11-12,15,24H,8,10,13-14H2,1H3. The number of benzene rings is 1. The van der Waals surface area contributed by atoms with Crippen molar-refractivity contribution in [2.75, 3.05) is 6.54 Å². The lowest BCUT2D eigenvalue weighted by atomic mass is 9.98. The largest absolute Gasteiger partial charge is 0.486 e. The fraction of sp³-hybridized carbons (Fsp3) is 0.250. The minimum Gasteiger partial charge on any atom is -0.486 e. The summed E-state index contributed by atoms with van der Waals surface area (Å²) in [6.07, 6.45) is 1.25. The molecule has 4 nitrogen and oxygen atoms in total. The van der Waals surface area contributed by atoms with Crippen LogP contribution in [-0.2, 0) is 24.2 Å². The SMILES string of the molecule is Cc1ccc(OCc2nc(CC(=O)N3CCc4sccc4C3c3cccs3)cs2)cc1. The molecule has 1 aromatic carbocycles. The van der Waals surface area contributed by atoms with E-state index in [1.807, 2.05) is 34.5 Å². The molecule has 0 radical (unpaired) electrons. The molecule has 1 aliphatic rings. The van der Waals surface area contributed by atoms with Gasteiger partial charge in [-0.15, -0.1) is 34.0 Å². The number of carbonyl (C=O) groups excluding carboxylic acids is 1. The van der Waals surface area contributed by atoms with Crippen LogP contribution in [0.1, 0.15) is 37.6 Å². The van der Waals surface area contributed by atoms with Crippen molar-refractivity contribution in [1.82, 2.24) is 9.88 Å². The van der Waals surface area contributed by atoms with E-state index in [0.717, 1.165) is 29.4 Å². The number of aryl methyl sites for hydroxylation is 1. The van der Waals surface area contributed by atoms with E-state index in [-0.39, 0.29) is 11.9 Å². The van der Waals surface area contributed by atoms with Crippen LogP contribution in [0.4, 0.5) is 0 Å². The molecule has 4 aromatic rings. The zero-order chi connectivity index (χ0) is 21.2. The number of thiophene rings is 2. The summed E-state index contributed by atoms with van der Waals surface area (Å²) in [5, 5.41) is 7.09. The van der Waals surface area contributed by atoms with Crippen molar-refractivity contribution in [2.24, 2.45) is 0 Å². The van der Waals surface area contributed by atoms with Crippen molar-refractivity contribution < 1.29 is 9.53 Å². The number of ether oxygens (including phenoxy) is 1. The fourth-order valence-corrected chi connectivity index (χ4v) is 6.33. The van der Waals surface area contributed by atoms with Gasteiger partial charge >= 0.3 is 0 Å². The molecule has 0 aliphatic carbocycles. The van der Waals surface area contributed by atoms with E-state index in [0.29, 0.717) is 13.0 Å². The highest BCUT2D eigenvalue weighted by molar-refractivity contribution is 7.10. The molecule has 4 heterocycles. The molecule has 0 N–H and O–H groups in total. The summed E-state index contributed by atoms with van der Waals surface area (Å²) in [6.45, 7) is 3.22. The molecule has 1 amide bonds. The molecule has 0 saturated heterocycles. The smallest absolute Gasteiger partial charge is 0.229 e. The van der Waals surface area contributed by atoms with E-state index >= 15 is 0 Å². The molecule has 0 spiro atoms. The van der Waals surface area contributed by atoms with Crippen LogP contribution in [-0.4, -0.2) is 22.3 Å². The second-order valence-electron chi connectivity index (χ2n) is 7.57. The van der Waals surface area contributed by atoms with Crippen LogP contribution in [0, 0.1) is 6.92 Å². The molecule has 7 heteroatoms. The maximum Gasteiger partial charge on any atom is 0.229 e. The number of hydrogen-bond donors (Lipinski definition) is 0. The van der Waals surface area contributed by atoms with E-state index in [1.165, 1.54) is 20.9 Å². The summed E-state index contributed by atoms with van der Waals surface area (Å²) in [5.74, 6) is 0.962. The average molecular weight is 467 g/mol. The first-order valence-electron chi connectivity index (χ1n) is 10.2. The molecule has 0 saturated carbocycles. The highest BCUT2D eigenvalue weighted by Gasteiger charge is 2.33. The number of rotatable bonds is 6. The molecule has 5 rings (SSSR count). The molecule has 158 valence electrons. The van der Waals surface area contributed by atoms with Gasteiger partial charge in [0.1, 0.15) is 17.4 Å². The van der Waals surface area contributed by atoms with Crippen molar-refractivity contribution in [3.63, 3.8) is 0 Å². The maximum atomic E-state index is 13.3. The molecule has 1 unspecified atom stereocenters. The van der Waals surface area contributed by atoms with E-state index in [1.54, 1.807) is 34.0 Å². The quantitative estimate of drug-likeness (QED) is 0.357. The summed E-state index contributed by atoms with van der Waals surface area (Å²) < 4.78 is 5.83. The van der Waals surface area contributed by atoms with Crippen LogP contribution in [0.5, 0.6) is 5.75 Å². The minimum atomic E-state index is 0.0190. The topological polar surface area (TPSA) is 42.4 Å². The van der Waals surface area contributed by atoms with E-state index in [4.69, 9.17) is 4.74 Å². The minimum absolute atomic E-state index is 0.0190. The van der Waals surface area contributed by atoms with Gasteiger partial charge in [-0.1, -0.05) is 23.8 Å². The van der Waals surface area contributed by atoms with Gasteiger partial charge in [-0.3, -0.25) is 4.79 Å². The number of thiazole rings is 1. The highest BCUT2D eigenvalue weighted by atomic mass is 32.1. The Morgan fingerprint density at radius 2 is 2.00 bits per heavy atom. The third-order valence-electron chi connectivity index (χ3n) is 5.41. The molecule has 3 aromatic heterocycles. The van der Waals surface area contributed by atoms with Crippen molar-refractivity contribution >= 4 is 39.9 Å². The number of carbonyl (C=O) groups is 1. The Bertz CT molecular complexity index is 1160. The van der Waals surface area contributed by atoms with Gasteiger partial charge in [0.25, 0.3) is 0 Å². The van der Waals surface area contributed by atoms with Crippen LogP contribution >= 0.6 is 34.0 Å². The highest BCUT2D eigenvalue weighted by Crippen LogP contribution is 2.39. The van der Waals surface area contributed by atoms with Crippen molar-refractivity contribution in [3.8, 4) is 5.75 Å². The van der Waals surface area contributed by atoms with Gasteiger partial charge in [0, 0.05) is 21.7 Å². The number of fused-ring (bicyclic) bond motifs is 1. The van der Waals surface area contributed by atoms with Crippen LogP contribution < -0.4 is 4.74 Å². The zero-order valence-electron chi connectivity index (χ0n) is 17.1. The summed E-state index contributed by atoms with van der Waals surface area (Å²) in [7, 11) is 0. The maximum absolute atomic E-state index is 13.3. The van der Waals surface area contributed by atoms with E-state index < -0.39 is 0 Å². The Balaban J connectivity index is 1.27. The Morgan fingerprint density at radius 1 is 1.13 bits per heavy atom. The lowest BCUT2D eigenvalue weighted by molar-refractivity contribution is -0.132. The predicted octanol–water partition coefficient (Wildman–Crippen LogP) is 5.87. The molecule has 1 atom stereocenters. The average Bonchev–Trinajstić information content (AvgIpc) is 3.54. The third kappa shape index (κ3) is 4.44. The summed E-state index contributed by atoms with van der Waals surface area (Å²) >= 11 is 5.05. The number of aromatic nitrogens is 1. The Morgan fingerprint density at radius 3 is 2.81 bits per heavy atom. The number of amides is 1. The molecule has 31 heavy (non-hydrogen) atoms. The normalized spacial score (nSPS) is 15.6. The second kappa shape index (κ2) is 8.94. The first-order valence-corrected chi connectivity index (χ1v) is 12.8. The zero-order valence-corrected chi connectivity index (χ0v) is 19.6. The first kappa shape index (κ1) is 20.4. The lowest BCUT2D eigenvalue weighted by Gasteiger charge is -2.35. The molecular weight excluding hydrogens is 444 g/mol. The van der Waals surface area contributed by atoms with Crippen molar-refractivity contribution in [1.29, 1.82) is 0 Å². The number of nitrogens with zero attached hydrogens (tertiary/aromatic N) is 2. The lowest BCUT2D eigenvalue weighted by Crippen LogP contribution is -2.40. The molecule has 0 fully saturated rings. The summed E-state index contributed by atoms with van der Waals surface area (Å²) in [6, 6.07) is 14.4. The number of hydrogen-bond acceptors (Lipinski definition) is 6. The van der Waals surface area contributed by atoms with Crippen molar-refractivity contribution in [2.45, 2.75) is 32.4 Å². The third-order valence-corrected chi connectivity index (χ3v) is 8.21. The van der Waals surface area contributed by atoms with Gasteiger partial charge in [0.2, 0.25) is 5.91 Å². The Labute approximate surface area is 193 Å². The van der Waals surface area contributed by atoms with Gasteiger partial charge < -0.3 is 9.64 Å². The van der Waals surface area contributed by atoms with Crippen LogP contribution in [0.25, 0.3) is 0 Å². The summed E-state index contributed by atoms with van der Waals surface area (Å²) in [5.41, 5.74) is 3.30. The van der Waals surface area contributed by atoms with E-state index in [2.05, 4.69) is 40.9 Å². The summed E-state index contributed by atoms with van der Waals surface area (Å²) in [4.78, 5) is 22.6. The second-order valence-corrected chi connectivity index (χ2v) is 10.5. The Hall–Kier alpha value is -2.48. The predicted molar refractivity (Wildman–Crippen MR) is 127 cm³/mol. The van der Waals surface area contributed by atoms with Gasteiger partial charge in [-0.2, -0.15) is 0 Å². The van der Waals surface area contributed by atoms with E-state index in [9.17, 15) is 4.79 Å². The first-order chi connectivity index (χ1) is 15.2. The van der Waals surface area contributed by atoms with Crippen LogP contribution in [0.2, 0.25) is 0 Å².